The minimum absolute atomic E-state index is 0.323. The van der Waals surface area contributed by atoms with Crippen LogP contribution in [0.2, 0.25) is 0 Å². The number of amidine groups is 1. The molecular weight excluding hydrogens is 204 g/mol. The van der Waals surface area contributed by atoms with Gasteiger partial charge in [-0.1, -0.05) is 12.1 Å². The van der Waals surface area contributed by atoms with E-state index in [1.54, 1.807) is 0 Å². The molecule has 96 valence electrons. The van der Waals surface area contributed by atoms with Crippen molar-refractivity contribution in [1.82, 2.24) is 9.80 Å². The summed E-state index contributed by atoms with van der Waals surface area (Å²) in [5.74, 6) is 0.323. The van der Waals surface area contributed by atoms with Gasteiger partial charge in [-0.15, -0.1) is 0 Å². The van der Waals surface area contributed by atoms with Crippen LogP contribution in [0.25, 0.3) is 0 Å². The lowest BCUT2D eigenvalue weighted by molar-refractivity contribution is 0.239. The zero-order valence-corrected chi connectivity index (χ0v) is 10.8. The number of oxime groups is 1. The summed E-state index contributed by atoms with van der Waals surface area (Å²) in [6.07, 6.45) is 2.78. The van der Waals surface area contributed by atoms with Gasteiger partial charge >= 0.3 is 0 Å². The molecule has 16 heavy (non-hydrogen) atoms. The lowest BCUT2D eigenvalue weighted by atomic mass is 10.2. The average Bonchev–Trinajstić information content (AvgIpc) is 2.25. The van der Waals surface area contributed by atoms with Gasteiger partial charge in [-0.2, -0.15) is 0 Å². The highest BCUT2D eigenvalue weighted by atomic mass is 16.4. The van der Waals surface area contributed by atoms with E-state index in [2.05, 4.69) is 36.0 Å². The number of hydrogen-bond donors (Lipinski definition) is 2. The summed E-state index contributed by atoms with van der Waals surface area (Å²) < 4.78 is 0. The van der Waals surface area contributed by atoms with E-state index in [1.807, 2.05) is 0 Å². The number of nitrogens with two attached hydrogens (primary N) is 1. The lowest BCUT2D eigenvalue weighted by Crippen LogP contribution is -2.33. The Bertz CT molecular complexity index is 194. The third-order valence-corrected chi connectivity index (χ3v) is 2.44. The van der Waals surface area contributed by atoms with Gasteiger partial charge in [0, 0.05) is 19.5 Å². The molecule has 0 spiro atoms. The smallest absolute Gasteiger partial charge is 0.139 e. The van der Waals surface area contributed by atoms with Crippen LogP contribution in [0.15, 0.2) is 5.16 Å². The largest absolute Gasteiger partial charge is 0.409 e. The maximum Gasteiger partial charge on any atom is 0.139 e. The van der Waals surface area contributed by atoms with Crippen LogP contribution in [0.3, 0.4) is 0 Å². The summed E-state index contributed by atoms with van der Waals surface area (Å²) in [5, 5.41) is 11.4. The minimum atomic E-state index is 0.323. The monoisotopic (exact) mass is 230 g/mol. The van der Waals surface area contributed by atoms with Crippen LogP contribution in [0.1, 0.15) is 26.2 Å². The van der Waals surface area contributed by atoms with Crippen molar-refractivity contribution in [3.63, 3.8) is 0 Å². The fraction of sp³-hybridized carbons (Fsp3) is 0.909. The first-order valence-electron chi connectivity index (χ1n) is 5.93. The summed E-state index contributed by atoms with van der Waals surface area (Å²) in [6.45, 7) is 6.47. The molecule has 3 N–H and O–H groups in total. The van der Waals surface area contributed by atoms with Crippen molar-refractivity contribution in [2.45, 2.75) is 26.2 Å². The Labute approximate surface area is 98.9 Å². The van der Waals surface area contributed by atoms with Gasteiger partial charge in [-0.3, -0.25) is 0 Å². The second kappa shape index (κ2) is 9.42. The molecule has 0 aromatic heterocycles. The minimum Gasteiger partial charge on any atom is -0.409 e. The molecule has 0 saturated carbocycles. The predicted molar refractivity (Wildman–Crippen MR) is 67.9 cm³/mol. The Morgan fingerprint density at radius 2 is 1.88 bits per heavy atom. The lowest BCUT2D eigenvalue weighted by Gasteiger charge is -2.23. The molecule has 0 bridgehead atoms. The number of rotatable bonds is 9. The molecule has 0 saturated heterocycles. The van der Waals surface area contributed by atoms with Crippen molar-refractivity contribution in [3.05, 3.63) is 0 Å². The average molecular weight is 230 g/mol. The highest BCUT2D eigenvalue weighted by Gasteiger charge is 2.04. The van der Waals surface area contributed by atoms with Crippen LogP contribution >= 0.6 is 0 Å². The molecular formula is C11H26N4O. The fourth-order valence-electron chi connectivity index (χ4n) is 1.53. The third-order valence-electron chi connectivity index (χ3n) is 2.44. The molecule has 0 aliphatic heterocycles. The van der Waals surface area contributed by atoms with E-state index in [1.165, 1.54) is 0 Å². The first-order valence-corrected chi connectivity index (χ1v) is 5.93. The summed E-state index contributed by atoms with van der Waals surface area (Å²) in [5.41, 5.74) is 5.43. The van der Waals surface area contributed by atoms with E-state index < -0.39 is 0 Å². The maximum atomic E-state index is 8.42. The van der Waals surface area contributed by atoms with Gasteiger partial charge in [0.25, 0.3) is 0 Å². The predicted octanol–water partition coefficient (Wildman–Crippen LogP) is 0.787. The van der Waals surface area contributed by atoms with Crippen molar-refractivity contribution >= 4 is 5.84 Å². The molecule has 0 atom stereocenters. The molecule has 0 aromatic rings. The molecule has 0 heterocycles. The Morgan fingerprint density at radius 1 is 1.19 bits per heavy atom. The second-order valence-corrected chi connectivity index (χ2v) is 4.34. The van der Waals surface area contributed by atoms with Crippen LogP contribution < -0.4 is 5.73 Å². The molecule has 0 aliphatic rings. The number of nitrogens with zero attached hydrogens (tertiary/aromatic N) is 3. The molecule has 0 unspecified atom stereocenters. The Kier molecular flexibility index (Phi) is 8.94. The third kappa shape index (κ3) is 8.49. The van der Waals surface area contributed by atoms with Gasteiger partial charge in [0.1, 0.15) is 5.84 Å². The van der Waals surface area contributed by atoms with Crippen LogP contribution in [0, 0.1) is 0 Å². The van der Waals surface area contributed by atoms with Crippen LogP contribution in [0.5, 0.6) is 0 Å². The molecule has 0 radical (unpaired) electrons. The second-order valence-electron chi connectivity index (χ2n) is 4.34. The van der Waals surface area contributed by atoms with Crippen LogP contribution in [-0.2, 0) is 0 Å². The maximum absolute atomic E-state index is 8.42. The highest BCUT2D eigenvalue weighted by molar-refractivity contribution is 5.79. The van der Waals surface area contributed by atoms with Gasteiger partial charge < -0.3 is 20.7 Å². The van der Waals surface area contributed by atoms with Gasteiger partial charge in [0.2, 0.25) is 0 Å². The van der Waals surface area contributed by atoms with Gasteiger partial charge in [0.15, 0.2) is 0 Å². The van der Waals surface area contributed by atoms with Gasteiger partial charge in [0.05, 0.1) is 0 Å². The standard InChI is InChI=1S/C11H26N4O/c1-4-7-15(10-9-14(2)3)8-5-6-11(12)13-16/h16H,4-10H2,1-3H3,(H2,12,13). The molecule has 0 aromatic carbocycles. The summed E-state index contributed by atoms with van der Waals surface area (Å²) in [6, 6.07) is 0. The molecule has 5 heteroatoms. The highest BCUT2D eigenvalue weighted by Crippen LogP contribution is 1.97. The zero-order chi connectivity index (χ0) is 12.4. The SMILES string of the molecule is CCCN(CCCC(N)=NO)CCN(C)C. The van der Waals surface area contributed by atoms with E-state index in [-0.39, 0.29) is 0 Å². The topological polar surface area (TPSA) is 65.1 Å². The van der Waals surface area contributed by atoms with Crippen molar-refractivity contribution in [1.29, 1.82) is 0 Å². The molecule has 0 rings (SSSR count). The molecule has 0 aliphatic carbocycles. The van der Waals surface area contributed by atoms with Crippen molar-refractivity contribution in [2.75, 3.05) is 40.3 Å². The van der Waals surface area contributed by atoms with E-state index in [0.29, 0.717) is 12.3 Å². The first kappa shape index (κ1) is 15.2. The molecule has 5 nitrogen and oxygen atoms in total. The normalized spacial score (nSPS) is 12.7. The zero-order valence-electron chi connectivity index (χ0n) is 10.8. The summed E-state index contributed by atoms with van der Waals surface area (Å²) in [4.78, 5) is 4.61. The van der Waals surface area contributed by atoms with Crippen LogP contribution in [-0.4, -0.2) is 61.1 Å². The molecule has 0 amide bonds. The summed E-state index contributed by atoms with van der Waals surface area (Å²) in [7, 11) is 4.17. The van der Waals surface area contributed by atoms with E-state index in [9.17, 15) is 0 Å². The quantitative estimate of drug-likeness (QED) is 0.266. The van der Waals surface area contributed by atoms with E-state index >= 15 is 0 Å². The van der Waals surface area contributed by atoms with E-state index in [0.717, 1.165) is 39.0 Å². The van der Waals surface area contributed by atoms with Crippen LogP contribution in [0.4, 0.5) is 0 Å². The Balaban J connectivity index is 3.75. The number of hydrogen-bond acceptors (Lipinski definition) is 4. The number of likely N-dealkylation sites (N-methyl/N-ethyl adjacent to an activating group) is 1. The Hall–Kier alpha value is -0.810. The van der Waals surface area contributed by atoms with Crippen molar-refractivity contribution in [2.24, 2.45) is 10.9 Å². The van der Waals surface area contributed by atoms with Crippen molar-refractivity contribution < 1.29 is 5.21 Å². The van der Waals surface area contributed by atoms with E-state index in [4.69, 9.17) is 10.9 Å². The Morgan fingerprint density at radius 3 is 2.38 bits per heavy atom. The van der Waals surface area contributed by atoms with Gasteiger partial charge in [-0.25, -0.2) is 0 Å². The fourth-order valence-corrected chi connectivity index (χ4v) is 1.53. The van der Waals surface area contributed by atoms with Gasteiger partial charge in [-0.05, 0) is 40.0 Å². The summed E-state index contributed by atoms with van der Waals surface area (Å²) >= 11 is 0. The molecule has 0 fully saturated rings. The first-order chi connectivity index (χ1) is 7.60. The van der Waals surface area contributed by atoms with Crippen molar-refractivity contribution in [3.8, 4) is 0 Å².